The molecule has 0 aromatic heterocycles. The molecular weight excluding hydrogens is 576 g/mol. The van der Waals surface area contributed by atoms with Crippen molar-refractivity contribution in [1.82, 2.24) is 5.43 Å². The Balaban J connectivity index is 1.65. The van der Waals surface area contributed by atoms with Crippen LogP contribution in [-0.2, 0) is 6.61 Å². The van der Waals surface area contributed by atoms with Crippen molar-refractivity contribution in [3.05, 3.63) is 85.3 Å². The van der Waals surface area contributed by atoms with Crippen LogP contribution < -0.4 is 19.6 Å². The monoisotopic (exact) mass is 594 g/mol. The van der Waals surface area contributed by atoms with Gasteiger partial charge < -0.3 is 14.2 Å². The number of nitrogens with one attached hydrogen (secondary N) is 1. The van der Waals surface area contributed by atoms with Gasteiger partial charge in [-0.2, -0.15) is 5.10 Å². The van der Waals surface area contributed by atoms with Gasteiger partial charge in [-0.1, -0.05) is 23.7 Å². The van der Waals surface area contributed by atoms with Gasteiger partial charge in [-0.15, -0.1) is 0 Å². The van der Waals surface area contributed by atoms with Crippen LogP contribution in [0.4, 0.5) is 0 Å². The van der Waals surface area contributed by atoms with E-state index in [9.17, 15) is 4.79 Å². The molecule has 3 aromatic carbocycles. The summed E-state index contributed by atoms with van der Waals surface area (Å²) in [5.41, 5.74) is 4.64. The zero-order chi connectivity index (χ0) is 23.8. The highest BCUT2D eigenvalue weighted by molar-refractivity contribution is 9.11. The first-order valence-corrected chi connectivity index (χ1v) is 11.9. The van der Waals surface area contributed by atoms with Crippen LogP contribution in [0, 0.1) is 0 Å². The number of carbonyl (C=O) groups is 1. The Labute approximate surface area is 214 Å². The van der Waals surface area contributed by atoms with Crippen LogP contribution in [-0.4, -0.2) is 25.8 Å². The standard InChI is InChI=1S/C24H21Br2ClN2O4/c1-3-32-22-12-17(7-8-21(22)31-2)24(30)29-28-13-16-10-19(25)23(20(26)11-16)33-14-15-5-4-6-18(27)9-15/h4-13H,3,14H2,1-2H3,(H,29,30)/b28-13+. The van der Waals surface area contributed by atoms with Crippen LogP contribution in [0.25, 0.3) is 0 Å². The molecule has 0 atom stereocenters. The third-order valence-electron chi connectivity index (χ3n) is 4.40. The number of hydrazone groups is 1. The van der Waals surface area contributed by atoms with E-state index >= 15 is 0 Å². The second-order valence-corrected chi connectivity index (χ2v) is 8.88. The van der Waals surface area contributed by atoms with Gasteiger partial charge in [0.25, 0.3) is 5.91 Å². The molecule has 9 heteroatoms. The van der Waals surface area contributed by atoms with E-state index in [0.717, 1.165) is 20.1 Å². The summed E-state index contributed by atoms with van der Waals surface area (Å²) in [6.07, 6.45) is 1.54. The first kappa shape index (κ1) is 25.1. The molecule has 0 aliphatic rings. The van der Waals surface area contributed by atoms with Crippen LogP contribution in [0.3, 0.4) is 0 Å². The molecular formula is C24H21Br2ClN2O4. The number of amides is 1. The third kappa shape index (κ3) is 6.96. The predicted octanol–water partition coefficient (Wildman–Crippen LogP) is 6.62. The minimum atomic E-state index is -0.366. The number of methoxy groups -OCH3 is 1. The van der Waals surface area contributed by atoms with E-state index in [0.29, 0.717) is 41.0 Å². The van der Waals surface area contributed by atoms with Crippen LogP contribution in [0.2, 0.25) is 5.02 Å². The van der Waals surface area contributed by atoms with Crippen molar-refractivity contribution < 1.29 is 19.0 Å². The van der Waals surface area contributed by atoms with Crippen molar-refractivity contribution in [2.24, 2.45) is 5.10 Å². The summed E-state index contributed by atoms with van der Waals surface area (Å²) in [6.45, 7) is 2.69. The van der Waals surface area contributed by atoms with Crippen LogP contribution in [0.15, 0.2) is 68.6 Å². The Morgan fingerprint density at radius 1 is 1.06 bits per heavy atom. The van der Waals surface area contributed by atoms with Crippen LogP contribution in [0.1, 0.15) is 28.4 Å². The zero-order valence-electron chi connectivity index (χ0n) is 17.9. The van der Waals surface area contributed by atoms with Gasteiger partial charge in [0.15, 0.2) is 11.5 Å². The Bertz CT molecular complexity index is 1150. The maximum absolute atomic E-state index is 12.5. The van der Waals surface area contributed by atoms with Crippen molar-refractivity contribution in [2.45, 2.75) is 13.5 Å². The normalized spacial score (nSPS) is 10.8. The Hall–Kier alpha value is -2.55. The van der Waals surface area contributed by atoms with Crippen molar-refractivity contribution in [3.63, 3.8) is 0 Å². The number of nitrogens with zero attached hydrogens (tertiary/aromatic N) is 1. The molecule has 3 rings (SSSR count). The molecule has 0 fully saturated rings. The highest BCUT2D eigenvalue weighted by atomic mass is 79.9. The molecule has 3 aromatic rings. The molecule has 0 radical (unpaired) electrons. The fourth-order valence-electron chi connectivity index (χ4n) is 2.89. The molecule has 0 aliphatic carbocycles. The van der Waals surface area contributed by atoms with E-state index in [1.165, 1.54) is 0 Å². The maximum atomic E-state index is 12.5. The number of ether oxygens (including phenoxy) is 3. The number of carbonyl (C=O) groups excluding carboxylic acids is 1. The molecule has 0 spiro atoms. The second-order valence-electron chi connectivity index (χ2n) is 6.73. The summed E-state index contributed by atoms with van der Waals surface area (Å²) in [5, 5.41) is 4.72. The van der Waals surface area contributed by atoms with Crippen molar-refractivity contribution in [3.8, 4) is 17.2 Å². The van der Waals surface area contributed by atoms with Gasteiger partial charge in [-0.25, -0.2) is 5.43 Å². The summed E-state index contributed by atoms with van der Waals surface area (Å²) in [6, 6.07) is 16.1. The molecule has 0 saturated carbocycles. The Kier molecular flexibility index (Phi) is 9.17. The molecule has 6 nitrogen and oxygen atoms in total. The van der Waals surface area contributed by atoms with E-state index in [2.05, 4.69) is 42.4 Å². The van der Waals surface area contributed by atoms with Crippen molar-refractivity contribution >= 4 is 55.6 Å². The van der Waals surface area contributed by atoms with Gasteiger partial charge in [0, 0.05) is 10.6 Å². The van der Waals surface area contributed by atoms with E-state index in [1.807, 2.05) is 43.3 Å². The first-order valence-electron chi connectivity index (χ1n) is 9.91. The number of rotatable bonds is 9. The minimum Gasteiger partial charge on any atom is -0.493 e. The number of hydrogen-bond acceptors (Lipinski definition) is 5. The highest BCUT2D eigenvalue weighted by Crippen LogP contribution is 2.35. The largest absolute Gasteiger partial charge is 0.493 e. The van der Waals surface area contributed by atoms with E-state index in [-0.39, 0.29) is 5.91 Å². The fourth-order valence-corrected chi connectivity index (χ4v) is 4.55. The van der Waals surface area contributed by atoms with Crippen molar-refractivity contribution in [1.29, 1.82) is 0 Å². The van der Waals surface area contributed by atoms with Gasteiger partial charge >= 0.3 is 0 Å². The summed E-state index contributed by atoms with van der Waals surface area (Å²) in [5.74, 6) is 1.34. The molecule has 33 heavy (non-hydrogen) atoms. The van der Waals surface area contributed by atoms with E-state index < -0.39 is 0 Å². The topological polar surface area (TPSA) is 69.2 Å². The summed E-state index contributed by atoms with van der Waals surface area (Å²) in [7, 11) is 1.55. The Morgan fingerprint density at radius 2 is 1.82 bits per heavy atom. The SMILES string of the molecule is CCOc1cc(C(=O)N/N=C/c2cc(Br)c(OCc3cccc(Cl)c3)c(Br)c2)ccc1OC. The first-order chi connectivity index (χ1) is 15.9. The summed E-state index contributed by atoms with van der Waals surface area (Å²) < 4.78 is 18.2. The lowest BCUT2D eigenvalue weighted by molar-refractivity contribution is 0.0954. The van der Waals surface area contributed by atoms with Gasteiger partial charge in [0.05, 0.1) is 28.9 Å². The van der Waals surface area contributed by atoms with E-state index in [4.69, 9.17) is 25.8 Å². The van der Waals surface area contributed by atoms with Gasteiger partial charge in [-0.3, -0.25) is 4.79 Å². The lowest BCUT2D eigenvalue weighted by Gasteiger charge is -2.11. The van der Waals surface area contributed by atoms with Gasteiger partial charge in [-0.05, 0) is 92.4 Å². The lowest BCUT2D eigenvalue weighted by atomic mass is 10.2. The Morgan fingerprint density at radius 3 is 2.48 bits per heavy atom. The molecule has 0 unspecified atom stereocenters. The molecule has 0 saturated heterocycles. The number of benzene rings is 3. The van der Waals surface area contributed by atoms with Crippen LogP contribution in [0.5, 0.6) is 17.2 Å². The van der Waals surface area contributed by atoms with Crippen molar-refractivity contribution in [2.75, 3.05) is 13.7 Å². The summed E-state index contributed by atoms with van der Waals surface area (Å²) in [4.78, 5) is 12.5. The lowest BCUT2D eigenvalue weighted by Crippen LogP contribution is -2.17. The summed E-state index contributed by atoms with van der Waals surface area (Å²) >= 11 is 13.1. The van der Waals surface area contributed by atoms with Gasteiger partial charge in [0.1, 0.15) is 12.4 Å². The fraction of sp³-hybridized carbons (Fsp3) is 0.167. The molecule has 172 valence electrons. The average Bonchev–Trinajstić information content (AvgIpc) is 2.78. The minimum absolute atomic E-state index is 0.366. The predicted molar refractivity (Wildman–Crippen MR) is 137 cm³/mol. The third-order valence-corrected chi connectivity index (χ3v) is 5.81. The molecule has 0 heterocycles. The number of halogens is 3. The van der Waals surface area contributed by atoms with Gasteiger partial charge in [0.2, 0.25) is 0 Å². The molecule has 0 bridgehead atoms. The average molecular weight is 597 g/mol. The van der Waals surface area contributed by atoms with E-state index in [1.54, 1.807) is 31.5 Å². The smallest absolute Gasteiger partial charge is 0.271 e. The maximum Gasteiger partial charge on any atom is 0.271 e. The van der Waals surface area contributed by atoms with Crippen LogP contribution >= 0.6 is 43.5 Å². The highest BCUT2D eigenvalue weighted by Gasteiger charge is 2.12. The quantitative estimate of drug-likeness (QED) is 0.223. The second kappa shape index (κ2) is 12.1. The molecule has 1 amide bonds. The zero-order valence-corrected chi connectivity index (χ0v) is 21.8. The number of hydrogen-bond donors (Lipinski definition) is 1. The molecule has 1 N–H and O–H groups in total. The molecule has 0 aliphatic heterocycles.